The standard InChI is InChI=1S/C13H18O5/c1-8(14)11(16)13(18)12(17)10(15)7-9-5-3-2-4-6-9/h2-6,8,11-14,16-18H,7H2,1H3/t8-,11-,12+,13+/m1/s1. The zero-order chi connectivity index (χ0) is 13.7. The number of ketones is 1. The summed E-state index contributed by atoms with van der Waals surface area (Å²) in [5, 5.41) is 37.6. The van der Waals surface area contributed by atoms with Crippen molar-refractivity contribution in [3.63, 3.8) is 0 Å². The van der Waals surface area contributed by atoms with E-state index < -0.39 is 30.2 Å². The van der Waals surface area contributed by atoms with Crippen LogP contribution in [0.25, 0.3) is 0 Å². The summed E-state index contributed by atoms with van der Waals surface area (Å²) in [5.74, 6) is -0.603. The molecular weight excluding hydrogens is 236 g/mol. The van der Waals surface area contributed by atoms with Crippen molar-refractivity contribution in [3.05, 3.63) is 35.9 Å². The first-order chi connectivity index (χ1) is 8.43. The highest BCUT2D eigenvalue weighted by atomic mass is 16.4. The molecule has 0 unspecified atom stereocenters. The third-order valence-electron chi connectivity index (χ3n) is 2.72. The lowest BCUT2D eigenvalue weighted by molar-refractivity contribution is -0.143. The molecule has 1 aromatic rings. The van der Waals surface area contributed by atoms with Crippen molar-refractivity contribution in [2.75, 3.05) is 0 Å². The maximum Gasteiger partial charge on any atom is 0.168 e. The second-order valence-electron chi connectivity index (χ2n) is 4.30. The van der Waals surface area contributed by atoms with Gasteiger partial charge in [-0.15, -0.1) is 0 Å². The van der Waals surface area contributed by atoms with E-state index in [1.807, 2.05) is 0 Å². The molecule has 0 aliphatic rings. The molecule has 1 aromatic carbocycles. The van der Waals surface area contributed by atoms with Gasteiger partial charge in [-0.3, -0.25) is 4.79 Å². The molecule has 5 heteroatoms. The van der Waals surface area contributed by atoms with E-state index >= 15 is 0 Å². The summed E-state index contributed by atoms with van der Waals surface area (Å²) in [6.07, 6.45) is -6.22. The van der Waals surface area contributed by atoms with Crippen LogP contribution in [0, 0.1) is 0 Å². The van der Waals surface area contributed by atoms with Gasteiger partial charge in [-0.05, 0) is 12.5 Å². The minimum Gasteiger partial charge on any atom is -0.391 e. The number of carbonyl (C=O) groups excluding carboxylic acids is 1. The molecule has 0 heterocycles. The van der Waals surface area contributed by atoms with Crippen LogP contribution < -0.4 is 0 Å². The van der Waals surface area contributed by atoms with Gasteiger partial charge < -0.3 is 20.4 Å². The maximum absolute atomic E-state index is 11.7. The Morgan fingerprint density at radius 1 is 1.06 bits per heavy atom. The highest BCUT2D eigenvalue weighted by molar-refractivity contribution is 5.85. The van der Waals surface area contributed by atoms with Crippen LogP contribution in [0.5, 0.6) is 0 Å². The first kappa shape index (κ1) is 14.8. The fourth-order valence-corrected chi connectivity index (χ4v) is 1.56. The van der Waals surface area contributed by atoms with E-state index in [0.29, 0.717) is 5.56 Å². The van der Waals surface area contributed by atoms with Crippen LogP contribution in [0.15, 0.2) is 30.3 Å². The average molecular weight is 254 g/mol. The smallest absolute Gasteiger partial charge is 0.168 e. The Morgan fingerprint density at radius 2 is 1.61 bits per heavy atom. The zero-order valence-corrected chi connectivity index (χ0v) is 10.1. The van der Waals surface area contributed by atoms with Gasteiger partial charge in [0, 0.05) is 6.42 Å². The summed E-state index contributed by atoms with van der Waals surface area (Å²) in [6, 6.07) is 8.77. The van der Waals surface area contributed by atoms with Gasteiger partial charge in [0.1, 0.15) is 18.3 Å². The number of hydrogen-bond donors (Lipinski definition) is 4. The van der Waals surface area contributed by atoms with Gasteiger partial charge in [0.05, 0.1) is 6.10 Å². The molecule has 0 bridgehead atoms. The number of aliphatic hydroxyl groups excluding tert-OH is 4. The summed E-state index contributed by atoms with van der Waals surface area (Å²) in [7, 11) is 0. The second-order valence-corrected chi connectivity index (χ2v) is 4.30. The van der Waals surface area contributed by atoms with Crippen molar-refractivity contribution in [1.82, 2.24) is 0 Å². The number of rotatable bonds is 6. The Morgan fingerprint density at radius 3 is 2.11 bits per heavy atom. The van der Waals surface area contributed by atoms with Crippen LogP contribution in [0.1, 0.15) is 12.5 Å². The first-order valence-corrected chi connectivity index (χ1v) is 5.72. The van der Waals surface area contributed by atoms with E-state index in [1.54, 1.807) is 30.3 Å². The highest BCUT2D eigenvalue weighted by Gasteiger charge is 2.32. The largest absolute Gasteiger partial charge is 0.391 e. The minimum atomic E-state index is -1.71. The number of Topliss-reactive ketones (excluding diaryl/α,β-unsaturated/α-hetero) is 1. The molecule has 100 valence electrons. The summed E-state index contributed by atoms with van der Waals surface area (Å²) >= 11 is 0. The fourth-order valence-electron chi connectivity index (χ4n) is 1.56. The molecule has 0 aromatic heterocycles. The Labute approximate surface area is 105 Å². The molecule has 0 spiro atoms. The Balaban J connectivity index is 2.61. The van der Waals surface area contributed by atoms with Crippen LogP contribution in [0.4, 0.5) is 0 Å². The van der Waals surface area contributed by atoms with E-state index in [-0.39, 0.29) is 6.42 Å². The van der Waals surface area contributed by atoms with Gasteiger partial charge in [0.25, 0.3) is 0 Å². The van der Waals surface area contributed by atoms with Crippen molar-refractivity contribution in [1.29, 1.82) is 0 Å². The second kappa shape index (κ2) is 6.61. The van der Waals surface area contributed by atoms with Gasteiger partial charge in [-0.2, -0.15) is 0 Å². The van der Waals surface area contributed by atoms with Crippen molar-refractivity contribution < 1.29 is 25.2 Å². The minimum absolute atomic E-state index is 0.0361. The lowest BCUT2D eigenvalue weighted by Gasteiger charge is -2.23. The van der Waals surface area contributed by atoms with Gasteiger partial charge in [0.15, 0.2) is 5.78 Å². The van der Waals surface area contributed by atoms with Crippen molar-refractivity contribution >= 4 is 5.78 Å². The summed E-state index contributed by atoms with van der Waals surface area (Å²) in [4.78, 5) is 11.7. The summed E-state index contributed by atoms with van der Waals surface area (Å²) in [6.45, 7) is 1.27. The van der Waals surface area contributed by atoms with Crippen LogP contribution in [0.3, 0.4) is 0 Å². The predicted octanol–water partition coefficient (Wildman–Crippen LogP) is -0.738. The lowest BCUT2D eigenvalue weighted by Crippen LogP contribution is -2.47. The Hall–Kier alpha value is -1.27. The maximum atomic E-state index is 11.7. The number of benzene rings is 1. The van der Waals surface area contributed by atoms with Gasteiger partial charge in [-0.25, -0.2) is 0 Å². The molecule has 4 atom stereocenters. The molecule has 0 aliphatic carbocycles. The van der Waals surface area contributed by atoms with Crippen LogP contribution in [-0.4, -0.2) is 50.6 Å². The molecular formula is C13H18O5. The van der Waals surface area contributed by atoms with E-state index in [2.05, 4.69) is 0 Å². The van der Waals surface area contributed by atoms with Gasteiger partial charge in [-0.1, -0.05) is 30.3 Å². The highest BCUT2D eigenvalue weighted by Crippen LogP contribution is 2.09. The summed E-state index contributed by atoms with van der Waals surface area (Å²) < 4.78 is 0. The molecule has 0 saturated carbocycles. The number of carbonyl (C=O) groups is 1. The molecule has 0 fully saturated rings. The summed E-state index contributed by atoms with van der Waals surface area (Å²) in [5.41, 5.74) is 0.709. The molecule has 4 N–H and O–H groups in total. The average Bonchev–Trinajstić information content (AvgIpc) is 2.37. The quantitative estimate of drug-likeness (QED) is 0.536. The van der Waals surface area contributed by atoms with E-state index in [0.717, 1.165) is 0 Å². The fraction of sp³-hybridized carbons (Fsp3) is 0.462. The van der Waals surface area contributed by atoms with Gasteiger partial charge in [0.2, 0.25) is 0 Å². The SMILES string of the molecule is C[C@@H](O)[C@@H](O)[C@H](O)[C@@H](O)C(=O)Cc1ccccc1. The third-order valence-corrected chi connectivity index (χ3v) is 2.72. The Kier molecular flexibility index (Phi) is 5.43. The van der Waals surface area contributed by atoms with E-state index in [1.165, 1.54) is 6.92 Å². The zero-order valence-electron chi connectivity index (χ0n) is 10.1. The lowest BCUT2D eigenvalue weighted by atomic mass is 9.97. The monoisotopic (exact) mass is 254 g/mol. The molecule has 5 nitrogen and oxygen atoms in total. The molecule has 0 amide bonds. The third kappa shape index (κ3) is 3.89. The van der Waals surface area contributed by atoms with Gasteiger partial charge >= 0.3 is 0 Å². The van der Waals surface area contributed by atoms with E-state index in [9.17, 15) is 20.1 Å². The van der Waals surface area contributed by atoms with Crippen molar-refractivity contribution in [2.45, 2.75) is 37.8 Å². The van der Waals surface area contributed by atoms with Crippen LogP contribution in [-0.2, 0) is 11.2 Å². The molecule has 1 rings (SSSR count). The predicted molar refractivity (Wildman–Crippen MR) is 64.9 cm³/mol. The first-order valence-electron chi connectivity index (χ1n) is 5.72. The topological polar surface area (TPSA) is 98.0 Å². The molecule has 18 heavy (non-hydrogen) atoms. The van der Waals surface area contributed by atoms with Crippen molar-refractivity contribution in [3.8, 4) is 0 Å². The molecule has 0 aliphatic heterocycles. The Bertz CT molecular complexity index is 376. The van der Waals surface area contributed by atoms with Crippen LogP contribution in [0.2, 0.25) is 0 Å². The molecule has 0 radical (unpaired) electrons. The van der Waals surface area contributed by atoms with E-state index in [4.69, 9.17) is 5.11 Å². The number of hydrogen-bond acceptors (Lipinski definition) is 5. The van der Waals surface area contributed by atoms with Crippen LogP contribution >= 0.6 is 0 Å². The van der Waals surface area contributed by atoms with Crippen molar-refractivity contribution in [2.24, 2.45) is 0 Å². The number of aliphatic hydroxyl groups is 4. The normalized spacial score (nSPS) is 17.8. The molecule has 0 saturated heterocycles.